The highest BCUT2D eigenvalue weighted by Gasteiger charge is 2.23. The van der Waals surface area contributed by atoms with E-state index in [1.54, 1.807) is 0 Å². The molecule has 192 valence electrons. The Labute approximate surface area is 222 Å². The van der Waals surface area contributed by atoms with Crippen molar-refractivity contribution in [2.24, 2.45) is 11.8 Å². The summed E-state index contributed by atoms with van der Waals surface area (Å²) in [6.45, 7) is 8.97. The molecule has 0 bridgehead atoms. The van der Waals surface area contributed by atoms with E-state index in [0.717, 1.165) is 47.0 Å². The third kappa shape index (κ3) is 8.23. The van der Waals surface area contributed by atoms with Crippen molar-refractivity contribution >= 4 is 0 Å². The SMILES string of the molecule is CC(C)CC(OC(CC(C)C)c1cccc(Oc2ccccc2)c1)c1cccc(Oc2ccccc2)c1. The molecule has 0 aromatic heterocycles. The maximum atomic E-state index is 6.94. The van der Waals surface area contributed by atoms with Gasteiger partial charge in [0.15, 0.2) is 0 Å². The van der Waals surface area contributed by atoms with Gasteiger partial charge >= 0.3 is 0 Å². The van der Waals surface area contributed by atoms with Gasteiger partial charge in [0.1, 0.15) is 23.0 Å². The van der Waals surface area contributed by atoms with E-state index in [-0.39, 0.29) is 12.2 Å². The van der Waals surface area contributed by atoms with Crippen LogP contribution in [0.5, 0.6) is 23.0 Å². The van der Waals surface area contributed by atoms with Crippen molar-refractivity contribution in [2.75, 3.05) is 0 Å². The predicted molar refractivity (Wildman–Crippen MR) is 151 cm³/mol. The van der Waals surface area contributed by atoms with E-state index in [1.165, 1.54) is 0 Å². The second kappa shape index (κ2) is 13.1. The lowest BCUT2D eigenvalue weighted by Crippen LogP contribution is -2.15. The van der Waals surface area contributed by atoms with Gasteiger partial charge in [0.25, 0.3) is 0 Å². The summed E-state index contributed by atoms with van der Waals surface area (Å²) in [5, 5.41) is 0. The molecule has 0 heterocycles. The minimum Gasteiger partial charge on any atom is -0.457 e. The van der Waals surface area contributed by atoms with E-state index < -0.39 is 0 Å². The number of hydrogen-bond acceptors (Lipinski definition) is 3. The minimum absolute atomic E-state index is 0.0539. The quantitative estimate of drug-likeness (QED) is 0.196. The first-order valence-electron chi connectivity index (χ1n) is 13.3. The van der Waals surface area contributed by atoms with Gasteiger partial charge < -0.3 is 14.2 Å². The van der Waals surface area contributed by atoms with Crippen molar-refractivity contribution in [1.82, 2.24) is 0 Å². The standard InChI is InChI=1S/C34H38O3/c1-25(2)21-33(27-13-11-19-31(23-27)35-29-15-7-5-8-16-29)37-34(22-26(3)4)28-14-12-20-32(24-28)36-30-17-9-6-10-18-30/h5-20,23-26,33-34H,21-22H2,1-4H3. The molecule has 4 rings (SSSR count). The summed E-state index contributed by atoms with van der Waals surface area (Å²) in [7, 11) is 0. The zero-order valence-corrected chi connectivity index (χ0v) is 22.3. The Hall–Kier alpha value is -3.56. The van der Waals surface area contributed by atoms with Crippen LogP contribution in [0.2, 0.25) is 0 Å². The van der Waals surface area contributed by atoms with Crippen LogP contribution in [0, 0.1) is 11.8 Å². The van der Waals surface area contributed by atoms with Crippen molar-refractivity contribution in [3.8, 4) is 23.0 Å². The first-order chi connectivity index (χ1) is 18.0. The molecule has 3 heteroatoms. The van der Waals surface area contributed by atoms with Gasteiger partial charge in [-0.05, 0) is 84.3 Å². The summed E-state index contributed by atoms with van der Waals surface area (Å²) in [6.07, 6.45) is 1.73. The van der Waals surface area contributed by atoms with Gasteiger partial charge in [0, 0.05) is 0 Å². The van der Waals surface area contributed by atoms with Gasteiger partial charge in [0.05, 0.1) is 12.2 Å². The van der Waals surface area contributed by atoms with E-state index in [2.05, 4.69) is 64.1 Å². The third-order valence-corrected chi connectivity index (χ3v) is 6.12. The lowest BCUT2D eigenvalue weighted by atomic mass is 9.96. The predicted octanol–water partition coefficient (Wildman–Crippen LogP) is 10.2. The number of hydrogen-bond donors (Lipinski definition) is 0. The average Bonchev–Trinajstić information content (AvgIpc) is 2.89. The van der Waals surface area contributed by atoms with Gasteiger partial charge in [-0.2, -0.15) is 0 Å². The topological polar surface area (TPSA) is 27.7 Å². The molecule has 3 nitrogen and oxygen atoms in total. The van der Waals surface area contributed by atoms with E-state index >= 15 is 0 Å². The largest absolute Gasteiger partial charge is 0.457 e. The number of rotatable bonds is 12. The summed E-state index contributed by atoms with van der Waals surface area (Å²) in [4.78, 5) is 0. The van der Waals surface area contributed by atoms with Gasteiger partial charge in [0.2, 0.25) is 0 Å². The van der Waals surface area contributed by atoms with E-state index in [4.69, 9.17) is 14.2 Å². The van der Waals surface area contributed by atoms with Crippen molar-refractivity contribution in [3.63, 3.8) is 0 Å². The summed E-state index contributed by atoms with van der Waals surface area (Å²) in [5.74, 6) is 4.26. The lowest BCUT2D eigenvalue weighted by Gasteiger charge is -2.28. The Balaban J connectivity index is 1.58. The monoisotopic (exact) mass is 494 g/mol. The molecule has 0 fully saturated rings. The molecule has 2 atom stereocenters. The van der Waals surface area contributed by atoms with Crippen LogP contribution < -0.4 is 9.47 Å². The smallest absolute Gasteiger partial charge is 0.127 e. The fourth-order valence-corrected chi connectivity index (χ4v) is 4.40. The fraction of sp³-hybridized carbons (Fsp3) is 0.294. The normalized spacial score (nSPS) is 12.9. The fourth-order valence-electron chi connectivity index (χ4n) is 4.40. The zero-order valence-electron chi connectivity index (χ0n) is 22.3. The van der Waals surface area contributed by atoms with Crippen molar-refractivity contribution in [1.29, 1.82) is 0 Å². The maximum absolute atomic E-state index is 6.94. The molecule has 0 radical (unpaired) electrons. The molecule has 4 aromatic rings. The van der Waals surface area contributed by atoms with E-state index in [9.17, 15) is 0 Å². The van der Waals surface area contributed by atoms with Gasteiger partial charge in [-0.25, -0.2) is 0 Å². The first-order valence-corrected chi connectivity index (χ1v) is 13.3. The molecular formula is C34H38O3. The molecule has 2 unspecified atom stereocenters. The average molecular weight is 495 g/mol. The number of ether oxygens (including phenoxy) is 3. The van der Waals surface area contributed by atoms with Crippen molar-refractivity contribution < 1.29 is 14.2 Å². The molecule has 0 amide bonds. The van der Waals surface area contributed by atoms with Crippen molar-refractivity contribution in [3.05, 3.63) is 120 Å². The molecule has 4 aromatic carbocycles. The first kappa shape index (κ1) is 26.5. The molecule has 0 saturated heterocycles. The van der Waals surface area contributed by atoms with Crippen molar-refractivity contribution in [2.45, 2.75) is 52.7 Å². The lowest BCUT2D eigenvalue weighted by molar-refractivity contribution is -0.0353. The highest BCUT2D eigenvalue weighted by Crippen LogP contribution is 2.37. The summed E-state index contributed by atoms with van der Waals surface area (Å²) in [6, 6.07) is 36.4. The number of benzene rings is 4. The van der Waals surface area contributed by atoms with Crippen LogP contribution in [0.3, 0.4) is 0 Å². The molecule has 0 aliphatic carbocycles. The molecule has 0 spiro atoms. The van der Waals surface area contributed by atoms with Crippen LogP contribution in [0.4, 0.5) is 0 Å². The Morgan fingerprint density at radius 3 is 1.22 bits per heavy atom. The van der Waals surface area contributed by atoms with Crippen LogP contribution in [0.15, 0.2) is 109 Å². The highest BCUT2D eigenvalue weighted by molar-refractivity contribution is 5.36. The van der Waals surface area contributed by atoms with Gasteiger partial charge in [-0.1, -0.05) is 88.4 Å². The van der Waals surface area contributed by atoms with Gasteiger partial charge in [-0.15, -0.1) is 0 Å². The molecule has 37 heavy (non-hydrogen) atoms. The van der Waals surface area contributed by atoms with Crippen LogP contribution >= 0.6 is 0 Å². The third-order valence-electron chi connectivity index (χ3n) is 6.12. The second-order valence-corrected chi connectivity index (χ2v) is 10.3. The van der Waals surface area contributed by atoms with Crippen LogP contribution in [-0.2, 0) is 4.74 Å². The second-order valence-electron chi connectivity index (χ2n) is 10.3. The minimum atomic E-state index is -0.0539. The number of para-hydroxylation sites is 2. The molecule has 0 N–H and O–H groups in total. The molecule has 0 saturated carbocycles. The maximum Gasteiger partial charge on any atom is 0.127 e. The Morgan fingerprint density at radius 1 is 0.459 bits per heavy atom. The Bertz CT molecular complexity index is 1120. The summed E-state index contributed by atoms with van der Waals surface area (Å²) >= 11 is 0. The molecule has 0 aliphatic rings. The summed E-state index contributed by atoms with van der Waals surface area (Å²) < 4.78 is 19.2. The van der Waals surface area contributed by atoms with Gasteiger partial charge in [-0.3, -0.25) is 0 Å². The molecule has 0 aliphatic heterocycles. The Morgan fingerprint density at radius 2 is 0.838 bits per heavy atom. The van der Waals surface area contributed by atoms with E-state index in [0.29, 0.717) is 11.8 Å². The van der Waals surface area contributed by atoms with Crippen LogP contribution in [-0.4, -0.2) is 0 Å². The summed E-state index contributed by atoms with van der Waals surface area (Å²) in [5.41, 5.74) is 2.26. The highest BCUT2D eigenvalue weighted by atomic mass is 16.5. The molecular weight excluding hydrogens is 456 g/mol. The zero-order chi connectivity index (χ0) is 26.0. The Kier molecular flexibility index (Phi) is 9.40. The van der Waals surface area contributed by atoms with Crippen LogP contribution in [0.25, 0.3) is 0 Å². The van der Waals surface area contributed by atoms with Crippen LogP contribution in [0.1, 0.15) is 63.9 Å². The van der Waals surface area contributed by atoms with E-state index in [1.807, 2.05) is 72.8 Å².